The Balaban J connectivity index is 1.57. The van der Waals surface area contributed by atoms with Gasteiger partial charge in [0.1, 0.15) is 5.75 Å². The first-order chi connectivity index (χ1) is 13.3. The third kappa shape index (κ3) is 4.62. The van der Waals surface area contributed by atoms with Crippen LogP contribution in [0.3, 0.4) is 0 Å². The van der Waals surface area contributed by atoms with Crippen molar-refractivity contribution in [3.8, 4) is 5.75 Å². The molecule has 0 unspecified atom stereocenters. The zero-order valence-corrected chi connectivity index (χ0v) is 16.4. The molecule has 2 aromatic rings. The Kier molecular flexibility index (Phi) is 5.94. The summed E-state index contributed by atoms with van der Waals surface area (Å²) in [6.07, 6.45) is 8.20. The predicted molar refractivity (Wildman–Crippen MR) is 113 cm³/mol. The van der Waals surface area contributed by atoms with Crippen LogP contribution in [0.4, 0.5) is 0 Å². The lowest BCUT2D eigenvalue weighted by Gasteiger charge is -2.21. The Morgan fingerprint density at radius 2 is 1.48 bits per heavy atom. The van der Waals surface area contributed by atoms with Crippen LogP contribution in [-0.4, -0.2) is 31.1 Å². The monoisotopic (exact) mass is 361 g/mol. The summed E-state index contributed by atoms with van der Waals surface area (Å²) in [6.45, 7) is 6.33. The van der Waals surface area contributed by atoms with Crippen LogP contribution in [0, 0.1) is 11.8 Å². The molecular formula is C25H31NO. The van der Waals surface area contributed by atoms with Gasteiger partial charge in [-0.05, 0) is 73.3 Å². The van der Waals surface area contributed by atoms with Crippen LogP contribution in [0.25, 0.3) is 5.57 Å². The van der Waals surface area contributed by atoms with Gasteiger partial charge < -0.3 is 4.74 Å². The van der Waals surface area contributed by atoms with Crippen LogP contribution in [0.2, 0.25) is 0 Å². The second-order valence-electron chi connectivity index (χ2n) is 8.05. The number of rotatable bonds is 6. The van der Waals surface area contributed by atoms with Crippen LogP contribution in [0.15, 0.2) is 60.7 Å². The second-order valence-corrected chi connectivity index (χ2v) is 8.05. The van der Waals surface area contributed by atoms with E-state index in [4.69, 9.17) is 4.74 Å². The minimum atomic E-state index is 0.706. The van der Waals surface area contributed by atoms with Gasteiger partial charge in [0.2, 0.25) is 0 Å². The van der Waals surface area contributed by atoms with Gasteiger partial charge in [-0.15, -0.1) is 0 Å². The van der Waals surface area contributed by atoms with E-state index in [1.54, 1.807) is 0 Å². The molecule has 2 saturated heterocycles. The zero-order chi connectivity index (χ0) is 18.5. The van der Waals surface area contributed by atoms with Crippen LogP contribution in [0.1, 0.15) is 43.7 Å². The third-order valence-corrected chi connectivity index (χ3v) is 6.11. The van der Waals surface area contributed by atoms with E-state index in [0.29, 0.717) is 6.61 Å². The Morgan fingerprint density at radius 3 is 2.07 bits per heavy atom. The van der Waals surface area contributed by atoms with Crippen LogP contribution < -0.4 is 4.74 Å². The Bertz CT molecular complexity index is 728. The normalized spacial score (nSPS) is 23.2. The molecule has 1 aliphatic carbocycles. The van der Waals surface area contributed by atoms with E-state index in [0.717, 1.165) is 24.1 Å². The summed E-state index contributed by atoms with van der Waals surface area (Å²) >= 11 is 0. The van der Waals surface area contributed by atoms with E-state index in [2.05, 4.69) is 65.6 Å². The number of hydrogen-bond acceptors (Lipinski definition) is 2. The molecule has 2 heterocycles. The molecule has 1 saturated carbocycles. The summed E-state index contributed by atoms with van der Waals surface area (Å²) in [6, 6.07) is 19.3. The molecule has 5 rings (SSSR count). The SMILES string of the molecule is CCOc1ccc(C(=CCN2CC3CCC(CC3)C2)c2ccccc2)cc1. The maximum absolute atomic E-state index is 5.62. The Morgan fingerprint density at radius 1 is 0.889 bits per heavy atom. The fourth-order valence-electron chi connectivity index (χ4n) is 4.69. The lowest BCUT2D eigenvalue weighted by Crippen LogP contribution is -2.28. The van der Waals surface area contributed by atoms with Crippen LogP contribution in [-0.2, 0) is 0 Å². The van der Waals surface area contributed by atoms with Gasteiger partial charge in [-0.2, -0.15) is 0 Å². The maximum Gasteiger partial charge on any atom is 0.119 e. The number of benzene rings is 2. The van der Waals surface area contributed by atoms with Crippen molar-refractivity contribution in [2.24, 2.45) is 11.8 Å². The topological polar surface area (TPSA) is 12.5 Å². The van der Waals surface area contributed by atoms with Crippen molar-refractivity contribution in [1.82, 2.24) is 4.90 Å². The fourth-order valence-corrected chi connectivity index (χ4v) is 4.69. The molecule has 2 heteroatoms. The predicted octanol–water partition coefficient (Wildman–Crippen LogP) is 5.64. The Hall–Kier alpha value is -2.06. The molecular weight excluding hydrogens is 330 g/mol. The molecule has 0 spiro atoms. The number of ether oxygens (including phenoxy) is 1. The summed E-state index contributed by atoms with van der Waals surface area (Å²) in [5.41, 5.74) is 3.89. The molecule has 0 aromatic heterocycles. The summed E-state index contributed by atoms with van der Waals surface area (Å²) in [4.78, 5) is 2.69. The minimum Gasteiger partial charge on any atom is -0.494 e. The summed E-state index contributed by atoms with van der Waals surface area (Å²) in [5, 5.41) is 0. The standard InChI is InChI=1S/C25H31NO/c1-2-27-24-14-12-23(13-15-24)25(22-6-4-3-5-7-22)16-17-26-18-20-8-9-21(19-26)11-10-20/h3-7,12-16,20-21H,2,8-11,17-19H2,1H3. The molecule has 2 aromatic carbocycles. The van der Waals surface area contributed by atoms with Crippen molar-refractivity contribution in [3.05, 3.63) is 71.8 Å². The van der Waals surface area contributed by atoms with E-state index in [9.17, 15) is 0 Å². The molecule has 0 amide bonds. The van der Waals surface area contributed by atoms with Gasteiger partial charge in [-0.25, -0.2) is 0 Å². The molecule has 142 valence electrons. The summed E-state index contributed by atoms with van der Waals surface area (Å²) in [7, 11) is 0. The first-order valence-corrected chi connectivity index (χ1v) is 10.5. The molecule has 2 nitrogen and oxygen atoms in total. The average Bonchev–Trinajstić information content (AvgIpc) is 3.03. The third-order valence-electron chi connectivity index (χ3n) is 6.11. The number of hydrogen-bond donors (Lipinski definition) is 0. The zero-order valence-electron chi connectivity index (χ0n) is 16.4. The van der Waals surface area contributed by atoms with E-state index in [-0.39, 0.29) is 0 Å². The molecule has 2 bridgehead atoms. The van der Waals surface area contributed by atoms with E-state index in [1.165, 1.54) is 55.5 Å². The van der Waals surface area contributed by atoms with E-state index >= 15 is 0 Å². The van der Waals surface area contributed by atoms with Crippen molar-refractivity contribution >= 4 is 5.57 Å². The van der Waals surface area contributed by atoms with Crippen molar-refractivity contribution < 1.29 is 4.74 Å². The minimum absolute atomic E-state index is 0.706. The number of nitrogens with zero attached hydrogens (tertiary/aromatic N) is 1. The quantitative estimate of drug-likeness (QED) is 0.660. The first-order valence-electron chi connectivity index (χ1n) is 10.5. The summed E-state index contributed by atoms with van der Waals surface area (Å²) < 4.78 is 5.62. The fraction of sp³-hybridized carbons (Fsp3) is 0.440. The van der Waals surface area contributed by atoms with Crippen molar-refractivity contribution in [2.75, 3.05) is 26.2 Å². The molecule has 3 fully saturated rings. The lowest BCUT2D eigenvalue weighted by molar-refractivity contribution is 0.279. The molecule has 2 aliphatic heterocycles. The number of fused-ring (bicyclic) bond motifs is 4. The molecule has 0 atom stereocenters. The molecule has 3 aliphatic rings. The summed E-state index contributed by atoms with van der Waals surface area (Å²) in [5.74, 6) is 2.78. The molecule has 27 heavy (non-hydrogen) atoms. The van der Waals surface area contributed by atoms with Crippen molar-refractivity contribution in [2.45, 2.75) is 32.6 Å². The molecule has 0 N–H and O–H groups in total. The largest absolute Gasteiger partial charge is 0.494 e. The molecule has 0 radical (unpaired) electrons. The highest BCUT2D eigenvalue weighted by Gasteiger charge is 2.28. The van der Waals surface area contributed by atoms with Gasteiger partial charge in [-0.3, -0.25) is 4.90 Å². The van der Waals surface area contributed by atoms with Gasteiger partial charge in [0.15, 0.2) is 0 Å². The van der Waals surface area contributed by atoms with Crippen LogP contribution >= 0.6 is 0 Å². The van der Waals surface area contributed by atoms with Crippen molar-refractivity contribution in [1.29, 1.82) is 0 Å². The second kappa shape index (κ2) is 8.75. The van der Waals surface area contributed by atoms with Crippen LogP contribution in [0.5, 0.6) is 5.75 Å². The van der Waals surface area contributed by atoms with Gasteiger partial charge in [0.25, 0.3) is 0 Å². The van der Waals surface area contributed by atoms with E-state index < -0.39 is 0 Å². The highest BCUT2D eigenvalue weighted by atomic mass is 16.5. The van der Waals surface area contributed by atoms with Gasteiger partial charge >= 0.3 is 0 Å². The van der Waals surface area contributed by atoms with Gasteiger partial charge in [-0.1, -0.05) is 48.5 Å². The van der Waals surface area contributed by atoms with Gasteiger partial charge in [0.05, 0.1) is 6.61 Å². The average molecular weight is 362 g/mol. The highest BCUT2D eigenvalue weighted by Crippen LogP contribution is 2.34. The highest BCUT2D eigenvalue weighted by molar-refractivity contribution is 5.80. The van der Waals surface area contributed by atoms with Gasteiger partial charge in [0, 0.05) is 19.6 Å². The maximum atomic E-state index is 5.62. The van der Waals surface area contributed by atoms with Crippen molar-refractivity contribution in [3.63, 3.8) is 0 Å². The Labute approximate surface area is 163 Å². The lowest BCUT2D eigenvalue weighted by atomic mass is 9.84. The van der Waals surface area contributed by atoms with E-state index in [1.807, 2.05) is 6.92 Å². The smallest absolute Gasteiger partial charge is 0.119 e. The first kappa shape index (κ1) is 18.3.